The highest BCUT2D eigenvalue weighted by atomic mass is 32.1. The lowest BCUT2D eigenvalue weighted by atomic mass is 9.72. The topological polar surface area (TPSA) is 61.2 Å². The molecule has 0 spiro atoms. The van der Waals surface area contributed by atoms with Gasteiger partial charge in [0.15, 0.2) is 0 Å². The molecule has 0 amide bonds. The van der Waals surface area contributed by atoms with Gasteiger partial charge in [0.25, 0.3) is 5.56 Å². The van der Waals surface area contributed by atoms with Crippen molar-refractivity contribution in [2.75, 3.05) is 6.61 Å². The summed E-state index contributed by atoms with van der Waals surface area (Å²) >= 11 is 1.63. The average molecular weight is 362 g/mol. The number of carbonyl (C=O) groups is 1. The number of nitrogens with zero attached hydrogens (tertiary/aromatic N) is 2. The molecule has 136 valence electrons. The molecule has 5 nitrogen and oxygen atoms in total. The summed E-state index contributed by atoms with van der Waals surface area (Å²) in [4.78, 5) is 31.6. The van der Waals surface area contributed by atoms with Crippen LogP contribution in [0.5, 0.6) is 0 Å². The molecule has 3 rings (SSSR count). The van der Waals surface area contributed by atoms with Crippen LogP contribution in [0.15, 0.2) is 11.1 Å². The maximum atomic E-state index is 13.0. The Morgan fingerprint density at radius 1 is 1.48 bits per heavy atom. The molecule has 0 aromatic carbocycles. The first-order chi connectivity index (χ1) is 11.7. The van der Waals surface area contributed by atoms with Gasteiger partial charge in [-0.1, -0.05) is 20.8 Å². The van der Waals surface area contributed by atoms with E-state index in [9.17, 15) is 9.59 Å². The highest BCUT2D eigenvalue weighted by Gasteiger charge is 2.32. The molecular formula is C19H26N2O3S. The van der Waals surface area contributed by atoms with Crippen molar-refractivity contribution in [2.24, 2.45) is 11.3 Å². The maximum absolute atomic E-state index is 13.0. The highest BCUT2D eigenvalue weighted by molar-refractivity contribution is 7.18. The van der Waals surface area contributed by atoms with E-state index in [0.29, 0.717) is 17.9 Å². The van der Waals surface area contributed by atoms with E-state index in [4.69, 9.17) is 4.74 Å². The lowest BCUT2D eigenvalue weighted by molar-refractivity contribution is -0.146. The van der Waals surface area contributed by atoms with Gasteiger partial charge in [0.05, 0.1) is 18.3 Å². The number of thiophene rings is 1. The minimum absolute atomic E-state index is 0.128. The van der Waals surface area contributed by atoms with Gasteiger partial charge in [-0.15, -0.1) is 11.3 Å². The summed E-state index contributed by atoms with van der Waals surface area (Å²) in [6, 6.07) is -0.661. The molecular weight excluding hydrogens is 336 g/mol. The van der Waals surface area contributed by atoms with Crippen LogP contribution in [-0.4, -0.2) is 22.1 Å². The van der Waals surface area contributed by atoms with Crippen LogP contribution in [-0.2, 0) is 22.4 Å². The Labute approximate surface area is 152 Å². The van der Waals surface area contributed by atoms with Crippen LogP contribution in [0, 0.1) is 11.3 Å². The van der Waals surface area contributed by atoms with Gasteiger partial charge in [0.1, 0.15) is 10.9 Å². The molecule has 2 aromatic heterocycles. The summed E-state index contributed by atoms with van der Waals surface area (Å²) in [7, 11) is 0. The van der Waals surface area contributed by atoms with E-state index in [-0.39, 0.29) is 11.0 Å². The number of fused-ring (bicyclic) bond motifs is 3. The van der Waals surface area contributed by atoms with Crippen molar-refractivity contribution in [3.8, 4) is 0 Å². The average Bonchev–Trinajstić information content (AvgIpc) is 2.92. The number of carbonyl (C=O) groups excluding carboxylic acids is 1. The summed E-state index contributed by atoms with van der Waals surface area (Å²) in [5.41, 5.74) is 1.28. The molecule has 1 aliphatic carbocycles. The molecule has 6 heteroatoms. The van der Waals surface area contributed by atoms with Gasteiger partial charge in [-0.05, 0) is 50.0 Å². The van der Waals surface area contributed by atoms with Gasteiger partial charge in [-0.25, -0.2) is 9.78 Å². The largest absolute Gasteiger partial charge is 0.464 e. The molecule has 2 atom stereocenters. The molecule has 0 bridgehead atoms. The van der Waals surface area contributed by atoms with Crippen molar-refractivity contribution < 1.29 is 9.53 Å². The molecule has 2 aromatic rings. The van der Waals surface area contributed by atoms with Crippen LogP contribution in [0.25, 0.3) is 10.2 Å². The summed E-state index contributed by atoms with van der Waals surface area (Å²) in [6.45, 7) is 10.6. The first-order valence-corrected chi connectivity index (χ1v) is 9.73. The minimum atomic E-state index is -0.661. The van der Waals surface area contributed by atoms with Gasteiger partial charge in [-0.2, -0.15) is 0 Å². The second-order valence-electron chi connectivity index (χ2n) is 7.87. The SMILES string of the molecule is CCOC(=O)[C@H](C)n1cnc2sc3c(c2c1=O)CC[C@H](C(C)(C)C)C3. The quantitative estimate of drug-likeness (QED) is 0.781. The van der Waals surface area contributed by atoms with Gasteiger partial charge in [0.2, 0.25) is 0 Å². The Morgan fingerprint density at radius 3 is 2.84 bits per heavy atom. The minimum Gasteiger partial charge on any atom is -0.464 e. The van der Waals surface area contributed by atoms with Crippen molar-refractivity contribution in [3.05, 3.63) is 27.1 Å². The lowest BCUT2D eigenvalue weighted by Crippen LogP contribution is -2.30. The van der Waals surface area contributed by atoms with E-state index in [2.05, 4.69) is 25.8 Å². The summed E-state index contributed by atoms with van der Waals surface area (Å²) in [5, 5.41) is 0.700. The summed E-state index contributed by atoms with van der Waals surface area (Å²) < 4.78 is 6.45. The summed E-state index contributed by atoms with van der Waals surface area (Å²) in [5.74, 6) is 0.219. The molecule has 0 saturated carbocycles. The molecule has 0 saturated heterocycles. The summed E-state index contributed by atoms with van der Waals surface area (Å²) in [6.07, 6.45) is 4.48. The predicted molar refractivity (Wildman–Crippen MR) is 100 cm³/mol. The lowest BCUT2D eigenvalue weighted by Gasteiger charge is -2.33. The Hall–Kier alpha value is -1.69. The molecule has 0 N–H and O–H groups in total. The number of hydrogen-bond donors (Lipinski definition) is 0. The number of esters is 1. The number of hydrogen-bond acceptors (Lipinski definition) is 5. The zero-order valence-electron chi connectivity index (χ0n) is 15.6. The first kappa shape index (κ1) is 18.1. The maximum Gasteiger partial charge on any atom is 0.328 e. The number of aromatic nitrogens is 2. The standard InChI is InChI=1S/C19H26N2O3S/c1-6-24-18(23)11(2)21-10-20-16-15(17(21)22)13-8-7-12(19(3,4)5)9-14(13)25-16/h10-12H,6-9H2,1-5H3/t11-,12-/m0/s1. The van der Waals surface area contributed by atoms with Crippen LogP contribution < -0.4 is 5.56 Å². The van der Waals surface area contributed by atoms with E-state index in [1.54, 1.807) is 25.2 Å². The monoisotopic (exact) mass is 362 g/mol. The van der Waals surface area contributed by atoms with Crippen molar-refractivity contribution in [1.82, 2.24) is 9.55 Å². The van der Waals surface area contributed by atoms with Crippen molar-refractivity contribution in [3.63, 3.8) is 0 Å². The van der Waals surface area contributed by atoms with Gasteiger partial charge < -0.3 is 4.74 Å². The van der Waals surface area contributed by atoms with Crippen LogP contribution in [0.3, 0.4) is 0 Å². The van der Waals surface area contributed by atoms with E-state index in [1.165, 1.54) is 15.8 Å². The van der Waals surface area contributed by atoms with Gasteiger partial charge >= 0.3 is 5.97 Å². The van der Waals surface area contributed by atoms with Crippen molar-refractivity contribution >= 4 is 27.5 Å². The third kappa shape index (κ3) is 3.24. The molecule has 1 aliphatic rings. The van der Waals surface area contributed by atoms with Gasteiger partial charge in [-0.3, -0.25) is 9.36 Å². The Kier molecular flexibility index (Phi) is 4.75. The molecule has 0 fully saturated rings. The van der Waals surface area contributed by atoms with Gasteiger partial charge in [0, 0.05) is 4.88 Å². The van der Waals surface area contributed by atoms with Crippen LogP contribution in [0.4, 0.5) is 0 Å². The fourth-order valence-corrected chi connectivity index (χ4v) is 4.83. The molecule has 2 heterocycles. The smallest absolute Gasteiger partial charge is 0.328 e. The van der Waals surface area contributed by atoms with E-state index in [0.717, 1.165) is 29.7 Å². The normalized spacial score (nSPS) is 18.8. The zero-order valence-corrected chi connectivity index (χ0v) is 16.4. The first-order valence-electron chi connectivity index (χ1n) is 8.92. The van der Waals surface area contributed by atoms with Crippen LogP contribution in [0.1, 0.15) is 57.5 Å². The Bertz CT molecular complexity index is 860. The second kappa shape index (κ2) is 6.56. The van der Waals surface area contributed by atoms with E-state index in [1.807, 2.05) is 0 Å². The number of aryl methyl sites for hydroxylation is 1. The van der Waals surface area contributed by atoms with Crippen LogP contribution >= 0.6 is 11.3 Å². The highest BCUT2D eigenvalue weighted by Crippen LogP contribution is 2.41. The second-order valence-corrected chi connectivity index (χ2v) is 8.96. The molecule has 0 unspecified atom stereocenters. The predicted octanol–water partition coefficient (Wildman–Crippen LogP) is 3.73. The number of ether oxygens (including phenoxy) is 1. The molecule has 0 aliphatic heterocycles. The van der Waals surface area contributed by atoms with Crippen LogP contribution in [0.2, 0.25) is 0 Å². The molecule has 0 radical (unpaired) electrons. The zero-order chi connectivity index (χ0) is 18.4. The van der Waals surface area contributed by atoms with E-state index >= 15 is 0 Å². The fourth-order valence-electron chi connectivity index (χ4n) is 3.57. The molecule has 25 heavy (non-hydrogen) atoms. The third-order valence-corrected chi connectivity index (χ3v) is 6.43. The van der Waals surface area contributed by atoms with E-state index < -0.39 is 12.0 Å². The third-order valence-electron chi connectivity index (χ3n) is 5.26. The Morgan fingerprint density at radius 2 is 2.20 bits per heavy atom. The van der Waals surface area contributed by atoms with Crippen molar-refractivity contribution in [1.29, 1.82) is 0 Å². The fraction of sp³-hybridized carbons (Fsp3) is 0.632. The Balaban J connectivity index is 2.04. The number of rotatable bonds is 3. The van der Waals surface area contributed by atoms with Crippen molar-refractivity contribution in [2.45, 2.75) is 59.9 Å².